The lowest BCUT2D eigenvalue weighted by Gasteiger charge is -2.12. The van der Waals surface area contributed by atoms with E-state index in [-0.39, 0.29) is 17.4 Å². The molecule has 0 saturated heterocycles. The molecule has 1 amide bonds. The first-order valence-electron chi connectivity index (χ1n) is 8.11. The molecule has 2 rings (SSSR count). The number of hydrogen-bond donors (Lipinski definition) is 2. The largest absolute Gasteiger partial charge is 0.478 e. The van der Waals surface area contributed by atoms with E-state index in [1.54, 1.807) is 18.2 Å². The Bertz CT molecular complexity index is 707. The van der Waals surface area contributed by atoms with Gasteiger partial charge in [-0.05, 0) is 43.0 Å². The van der Waals surface area contributed by atoms with Gasteiger partial charge >= 0.3 is 5.97 Å². The summed E-state index contributed by atoms with van der Waals surface area (Å²) in [6, 6.07) is 15.0. The van der Waals surface area contributed by atoms with Gasteiger partial charge < -0.3 is 10.4 Å². The number of hydrogen-bond acceptors (Lipinski definition) is 2. The van der Waals surface area contributed by atoms with E-state index in [0.29, 0.717) is 19.4 Å². The lowest BCUT2D eigenvalue weighted by Crippen LogP contribution is -2.31. The van der Waals surface area contributed by atoms with Gasteiger partial charge in [-0.15, -0.1) is 0 Å². The van der Waals surface area contributed by atoms with Crippen LogP contribution in [0.5, 0.6) is 0 Å². The summed E-state index contributed by atoms with van der Waals surface area (Å²) in [5, 5.41) is 11.9. The third kappa shape index (κ3) is 5.23. The molecule has 0 saturated carbocycles. The first-order chi connectivity index (χ1) is 11.5. The maximum atomic E-state index is 12.2. The van der Waals surface area contributed by atoms with Gasteiger partial charge in [0.15, 0.2) is 0 Å². The van der Waals surface area contributed by atoms with Crippen LogP contribution in [-0.2, 0) is 17.6 Å². The molecule has 126 valence electrons. The number of aromatic carboxylic acids is 1. The van der Waals surface area contributed by atoms with Gasteiger partial charge in [0.1, 0.15) is 0 Å². The minimum atomic E-state index is -0.937. The Kier molecular flexibility index (Phi) is 6.13. The van der Waals surface area contributed by atoms with E-state index in [9.17, 15) is 9.59 Å². The normalized spacial score (nSPS) is 11.8. The number of carbonyl (C=O) groups excluding carboxylic acids is 1. The summed E-state index contributed by atoms with van der Waals surface area (Å²) < 4.78 is 0. The Morgan fingerprint density at radius 3 is 2.46 bits per heavy atom. The third-order valence-corrected chi connectivity index (χ3v) is 4.00. The zero-order chi connectivity index (χ0) is 17.5. The Morgan fingerprint density at radius 2 is 1.79 bits per heavy atom. The van der Waals surface area contributed by atoms with E-state index in [2.05, 4.69) is 29.6 Å². The first kappa shape index (κ1) is 17.7. The van der Waals surface area contributed by atoms with Crippen LogP contribution in [0.25, 0.3) is 0 Å². The van der Waals surface area contributed by atoms with E-state index in [4.69, 9.17) is 5.11 Å². The molecule has 0 aliphatic heterocycles. The van der Waals surface area contributed by atoms with Crippen molar-refractivity contribution in [3.8, 4) is 0 Å². The number of benzene rings is 2. The standard InChI is InChI=1S/C20H23NO3/c1-14-6-8-17(9-7-14)12-15(2)19(22)21-11-10-16-4-3-5-18(13-16)20(23)24/h3-9,13,15H,10-12H2,1-2H3,(H,21,22)(H,23,24). The predicted octanol–water partition coefficient (Wildman–Crippen LogP) is 3.23. The van der Waals surface area contributed by atoms with E-state index >= 15 is 0 Å². The lowest BCUT2D eigenvalue weighted by molar-refractivity contribution is -0.124. The fourth-order valence-electron chi connectivity index (χ4n) is 2.53. The van der Waals surface area contributed by atoms with Crippen molar-refractivity contribution in [2.75, 3.05) is 6.54 Å². The van der Waals surface area contributed by atoms with Crippen LogP contribution >= 0.6 is 0 Å². The summed E-state index contributed by atoms with van der Waals surface area (Å²) in [5.74, 6) is -1.02. The number of carbonyl (C=O) groups is 2. The highest BCUT2D eigenvalue weighted by Gasteiger charge is 2.13. The molecule has 0 aliphatic carbocycles. The highest BCUT2D eigenvalue weighted by molar-refractivity contribution is 5.87. The summed E-state index contributed by atoms with van der Waals surface area (Å²) in [6.07, 6.45) is 1.32. The van der Waals surface area contributed by atoms with E-state index in [1.165, 1.54) is 5.56 Å². The second-order valence-electron chi connectivity index (χ2n) is 6.14. The molecule has 0 radical (unpaired) electrons. The van der Waals surface area contributed by atoms with Gasteiger partial charge in [-0.3, -0.25) is 4.79 Å². The van der Waals surface area contributed by atoms with Crippen molar-refractivity contribution < 1.29 is 14.7 Å². The number of rotatable bonds is 7. The van der Waals surface area contributed by atoms with Crippen molar-refractivity contribution in [2.24, 2.45) is 5.92 Å². The van der Waals surface area contributed by atoms with Crippen molar-refractivity contribution >= 4 is 11.9 Å². The number of amides is 1. The third-order valence-electron chi connectivity index (χ3n) is 4.00. The SMILES string of the molecule is Cc1ccc(CC(C)C(=O)NCCc2cccc(C(=O)O)c2)cc1. The quantitative estimate of drug-likeness (QED) is 0.821. The second-order valence-corrected chi connectivity index (χ2v) is 6.14. The zero-order valence-corrected chi connectivity index (χ0v) is 14.1. The molecular weight excluding hydrogens is 302 g/mol. The van der Waals surface area contributed by atoms with Crippen molar-refractivity contribution in [3.05, 3.63) is 70.8 Å². The molecular formula is C20H23NO3. The molecule has 0 aliphatic rings. The van der Waals surface area contributed by atoms with Gasteiger partial charge in [0, 0.05) is 12.5 Å². The lowest BCUT2D eigenvalue weighted by atomic mass is 9.99. The van der Waals surface area contributed by atoms with E-state index in [0.717, 1.165) is 11.1 Å². The average molecular weight is 325 g/mol. The van der Waals surface area contributed by atoms with Crippen molar-refractivity contribution in [2.45, 2.75) is 26.7 Å². The van der Waals surface area contributed by atoms with Gasteiger partial charge in [0.25, 0.3) is 0 Å². The zero-order valence-electron chi connectivity index (χ0n) is 14.1. The van der Waals surface area contributed by atoms with Crippen molar-refractivity contribution in [3.63, 3.8) is 0 Å². The molecule has 0 aromatic heterocycles. The van der Waals surface area contributed by atoms with Gasteiger partial charge in [-0.25, -0.2) is 4.79 Å². The Balaban J connectivity index is 1.81. The topological polar surface area (TPSA) is 66.4 Å². The molecule has 0 bridgehead atoms. The summed E-state index contributed by atoms with van der Waals surface area (Å²) in [4.78, 5) is 23.1. The maximum Gasteiger partial charge on any atom is 0.335 e. The smallest absolute Gasteiger partial charge is 0.335 e. The summed E-state index contributed by atoms with van der Waals surface area (Å²) in [7, 11) is 0. The summed E-state index contributed by atoms with van der Waals surface area (Å²) in [5.41, 5.74) is 3.53. The molecule has 2 N–H and O–H groups in total. The van der Waals surface area contributed by atoms with Gasteiger partial charge in [-0.2, -0.15) is 0 Å². The number of aryl methyl sites for hydroxylation is 1. The number of carboxylic acids is 1. The summed E-state index contributed by atoms with van der Waals surface area (Å²) in [6.45, 7) is 4.46. The van der Waals surface area contributed by atoms with E-state index in [1.807, 2.05) is 19.9 Å². The Morgan fingerprint density at radius 1 is 1.08 bits per heavy atom. The molecule has 4 heteroatoms. The fourth-order valence-corrected chi connectivity index (χ4v) is 2.53. The molecule has 2 aromatic carbocycles. The van der Waals surface area contributed by atoms with Crippen LogP contribution < -0.4 is 5.32 Å². The number of carboxylic acid groups (broad SMARTS) is 1. The molecule has 0 fully saturated rings. The van der Waals surface area contributed by atoms with Crippen LogP contribution in [-0.4, -0.2) is 23.5 Å². The molecule has 1 unspecified atom stereocenters. The molecule has 0 heterocycles. The highest BCUT2D eigenvalue weighted by atomic mass is 16.4. The molecule has 0 spiro atoms. The van der Waals surface area contributed by atoms with Crippen LogP contribution in [0.1, 0.15) is 34.0 Å². The van der Waals surface area contributed by atoms with Crippen LogP contribution in [0.2, 0.25) is 0 Å². The van der Waals surface area contributed by atoms with Crippen molar-refractivity contribution in [1.82, 2.24) is 5.32 Å². The molecule has 24 heavy (non-hydrogen) atoms. The van der Waals surface area contributed by atoms with Gasteiger partial charge in [0.2, 0.25) is 5.91 Å². The Labute approximate surface area is 142 Å². The van der Waals surface area contributed by atoms with Crippen LogP contribution in [0.3, 0.4) is 0 Å². The molecule has 1 atom stereocenters. The van der Waals surface area contributed by atoms with Crippen molar-refractivity contribution in [1.29, 1.82) is 0 Å². The van der Waals surface area contributed by atoms with E-state index < -0.39 is 5.97 Å². The fraction of sp³-hybridized carbons (Fsp3) is 0.300. The monoisotopic (exact) mass is 325 g/mol. The van der Waals surface area contributed by atoms with Gasteiger partial charge in [-0.1, -0.05) is 48.9 Å². The number of nitrogens with one attached hydrogen (secondary N) is 1. The molecule has 4 nitrogen and oxygen atoms in total. The Hall–Kier alpha value is -2.62. The minimum Gasteiger partial charge on any atom is -0.478 e. The maximum absolute atomic E-state index is 12.2. The highest BCUT2D eigenvalue weighted by Crippen LogP contribution is 2.10. The molecule has 2 aromatic rings. The van der Waals surface area contributed by atoms with Crippen LogP contribution in [0.4, 0.5) is 0 Å². The minimum absolute atomic E-state index is 0.0185. The van der Waals surface area contributed by atoms with Crippen LogP contribution in [0, 0.1) is 12.8 Å². The second kappa shape index (κ2) is 8.29. The average Bonchev–Trinajstić information content (AvgIpc) is 2.57. The van der Waals surface area contributed by atoms with Gasteiger partial charge in [0.05, 0.1) is 5.56 Å². The van der Waals surface area contributed by atoms with Crippen LogP contribution in [0.15, 0.2) is 48.5 Å². The summed E-state index contributed by atoms with van der Waals surface area (Å²) >= 11 is 0. The predicted molar refractivity (Wildman–Crippen MR) is 94.2 cm³/mol. The first-order valence-corrected chi connectivity index (χ1v) is 8.11.